The van der Waals surface area contributed by atoms with Crippen LogP contribution in [0, 0.1) is 0 Å². The van der Waals surface area contributed by atoms with E-state index >= 15 is 0 Å². The van der Waals surface area contributed by atoms with Crippen molar-refractivity contribution in [1.29, 1.82) is 0 Å². The average molecular weight is 392 g/mol. The minimum absolute atomic E-state index is 0.643. The summed E-state index contributed by atoms with van der Waals surface area (Å²) in [6, 6.07) is 4.04. The van der Waals surface area contributed by atoms with Gasteiger partial charge in [-0.1, -0.05) is 15.9 Å². The molecule has 0 unspecified atom stereocenters. The van der Waals surface area contributed by atoms with Gasteiger partial charge in [-0.05, 0) is 35.0 Å². The van der Waals surface area contributed by atoms with Gasteiger partial charge in [0.2, 0.25) is 0 Å². The molecule has 1 aromatic carbocycles. The second-order valence-corrected chi connectivity index (χ2v) is 6.16. The molecule has 0 bridgehead atoms. The van der Waals surface area contributed by atoms with Gasteiger partial charge in [-0.2, -0.15) is 0 Å². The maximum Gasteiger partial charge on any atom is 0.182 e. The van der Waals surface area contributed by atoms with Crippen molar-refractivity contribution in [2.75, 3.05) is 11.9 Å². The van der Waals surface area contributed by atoms with Crippen molar-refractivity contribution in [2.24, 2.45) is 0 Å². The molecule has 0 saturated heterocycles. The third kappa shape index (κ3) is 3.46. The summed E-state index contributed by atoms with van der Waals surface area (Å²) in [6.45, 7) is 3.30. The van der Waals surface area contributed by atoms with E-state index < -0.39 is 0 Å². The zero-order chi connectivity index (χ0) is 13.0. The van der Waals surface area contributed by atoms with Crippen molar-refractivity contribution in [1.82, 2.24) is 4.98 Å². The summed E-state index contributed by atoms with van der Waals surface area (Å²) in [6.07, 6.45) is 1.79. The van der Waals surface area contributed by atoms with Crippen LogP contribution in [0.5, 0.6) is 5.75 Å². The van der Waals surface area contributed by atoms with Crippen LogP contribution >= 0.6 is 43.2 Å². The van der Waals surface area contributed by atoms with Crippen molar-refractivity contribution in [2.45, 2.75) is 13.5 Å². The minimum atomic E-state index is 0.643. The Morgan fingerprint density at radius 2 is 2.22 bits per heavy atom. The molecule has 1 N–H and O–H groups in total. The van der Waals surface area contributed by atoms with Crippen molar-refractivity contribution >= 4 is 48.3 Å². The monoisotopic (exact) mass is 390 g/mol. The highest BCUT2D eigenvalue weighted by Gasteiger charge is 2.10. The Morgan fingerprint density at radius 1 is 1.39 bits per heavy atom. The molecule has 0 aliphatic rings. The Balaban J connectivity index is 2.19. The summed E-state index contributed by atoms with van der Waals surface area (Å²) in [5, 5.41) is 6.14. The van der Waals surface area contributed by atoms with Crippen LogP contribution in [0.2, 0.25) is 0 Å². The highest BCUT2D eigenvalue weighted by molar-refractivity contribution is 9.11. The smallest absolute Gasteiger partial charge is 0.182 e. The second kappa shape index (κ2) is 6.54. The van der Waals surface area contributed by atoms with E-state index in [4.69, 9.17) is 4.74 Å². The zero-order valence-electron chi connectivity index (χ0n) is 9.74. The molecule has 96 valence electrons. The standard InChI is InChI=1S/C12H12Br2N2OS/c1-2-17-11-8(5-9(13)6-10(11)14)7-16-12-15-3-4-18-12/h3-6H,2,7H2,1H3,(H,15,16). The van der Waals surface area contributed by atoms with E-state index in [1.165, 1.54) is 0 Å². The van der Waals surface area contributed by atoms with E-state index in [0.717, 1.165) is 25.4 Å². The first-order valence-electron chi connectivity index (χ1n) is 5.44. The van der Waals surface area contributed by atoms with E-state index in [0.29, 0.717) is 13.2 Å². The largest absolute Gasteiger partial charge is 0.492 e. The molecule has 1 aromatic heterocycles. The minimum Gasteiger partial charge on any atom is -0.492 e. The van der Waals surface area contributed by atoms with Gasteiger partial charge in [-0.15, -0.1) is 11.3 Å². The molecule has 2 rings (SSSR count). The molecule has 0 fully saturated rings. The lowest BCUT2D eigenvalue weighted by atomic mass is 10.2. The molecule has 0 atom stereocenters. The van der Waals surface area contributed by atoms with Gasteiger partial charge >= 0.3 is 0 Å². The number of anilines is 1. The predicted molar refractivity (Wildman–Crippen MR) is 82.5 cm³/mol. The van der Waals surface area contributed by atoms with Crippen LogP contribution in [-0.2, 0) is 6.54 Å². The van der Waals surface area contributed by atoms with Gasteiger partial charge < -0.3 is 10.1 Å². The topological polar surface area (TPSA) is 34.1 Å². The van der Waals surface area contributed by atoms with E-state index in [-0.39, 0.29) is 0 Å². The lowest BCUT2D eigenvalue weighted by Gasteiger charge is -2.13. The number of thiazole rings is 1. The molecule has 2 aromatic rings. The highest BCUT2D eigenvalue weighted by Crippen LogP contribution is 2.33. The fourth-order valence-corrected chi connectivity index (χ4v) is 3.49. The van der Waals surface area contributed by atoms with E-state index in [1.54, 1.807) is 17.5 Å². The second-order valence-electron chi connectivity index (χ2n) is 3.50. The van der Waals surface area contributed by atoms with Gasteiger partial charge in [0, 0.05) is 28.2 Å². The Bertz CT molecular complexity index is 517. The van der Waals surface area contributed by atoms with Gasteiger partial charge in [-0.3, -0.25) is 0 Å². The van der Waals surface area contributed by atoms with Crippen LogP contribution in [0.1, 0.15) is 12.5 Å². The number of nitrogens with one attached hydrogen (secondary N) is 1. The molecule has 3 nitrogen and oxygen atoms in total. The van der Waals surface area contributed by atoms with Crippen LogP contribution < -0.4 is 10.1 Å². The number of aromatic nitrogens is 1. The fourth-order valence-electron chi connectivity index (χ4n) is 1.53. The molecule has 0 radical (unpaired) electrons. The van der Waals surface area contributed by atoms with Crippen LogP contribution in [0.15, 0.2) is 32.7 Å². The Morgan fingerprint density at radius 3 is 2.89 bits per heavy atom. The normalized spacial score (nSPS) is 10.4. The average Bonchev–Trinajstić information content (AvgIpc) is 2.83. The number of nitrogens with zero attached hydrogens (tertiary/aromatic N) is 1. The number of ether oxygens (including phenoxy) is 1. The zero-order valence-corrected chi connectivity index (χ0v) is 13.7. The van der Waals surface area contributed by atoms with Gasteiger partial charge in [0.25, 0.3) is 0 Å². The fraction of sp³-hybridized carbons (Fsp3) is 0.250. The van der Waals surface area contributed by atoms with Crippen LogP contribution in [0.25, 0.3) is 0 Å². The Kier molecular flexibility index (Phi) is 5.03. The number of halogens is 2. The number of benzene rings is 1. The predicted octanol–water partition coefficient (Wildman–Crippen LogP) is 4.68. The Labute approximate surface area is 127 Å². The molecule has 0 aliphatic heterocycles. The Hall–Kier alpha value is -0.590. The van der Waals surface area contributed by atoms with Crippen molar-refractivity contribution in [3.63, 3.8) is 0 Å². The van der Waals surface area contributed by atoms with E-state index in [1.807, 2.05) is 18.4 Å². The van der Waals surface area contributed by atoms with Crippen molar-refractivity contribution < 1.29 is 4.74 Å². The summed E-state index contributed by atoms with van der Waals surface area (Å²) in [7, 11) is 0. The van der Waals surface area contributed by atoms with Gasteiger partial charge in [-0.25, -0.2) is 4.98 Å². The third-order valence-corrected chi connectivity index (χ3v) is 4.01. The van der Waals surface area contributed by atoms with Gasteiger partial charge in [0.1, 0.15) is 5.75 Å². The number of rotatable bonds is 5. The summed E-state index contributed by atoms with van der Waals surface area (Å²) in [4.78, 5) is 4.19. The SMILES string of the molecule is CCOc1c(Br)cc(Br)cc1CNc1nccs1. The molecule has 18 heavy (non-hydrogen) atoms. The van der Waals surface area contributed by atoms with E-state index in [9.17, 15) is 0 Å². The van der Waals surface area contributed by atoms with Gasteiger partial charge in [0.05, 0.1) is 11.1 Å². The lowest BCUT2D eigenvalue weighted by molar-refractivity contribution is 0.334. The summed E-state index contributed by atoms with van der Waals surface area (Å²) >= 11 is 8.60. The van der Waals surface area contributed by atoms with Crippen LogP contribution in [0.4, 0.5) is 5.13 Å². The summed E-state index contributed by atoms with van der Waals surface area (Å²) in [5.74, 6) is 0.879. The molecule has 0 spiro atoms. The molecule has 0 amide bonds. The molecule has 0 saturated carbocycles. The first kappa shape index (κ1) is 13.8. The summed E-state index contributed by atoms with van der Waals surface area (Å²) < 4.78 is 7.64. The molecule has 0 aliphatic carbocycles. The summed E-state index contributed by atoms with van der Waals surface area (Å²) in [5.41, 5.74) is 1.09. The number of hydrogen-bond donors (Lipinski definition) is 1. The molecule has 1 heterocycles. The lowest BCUT2D eigenvalue weighted by Crippen LogP contribution is -2.03. The molecule has 6 heteroatoms. The quantitative estimate of drug-likeness (QED) is 0.803. The van der Waals surface area contributed by atoms with Crippen molar-refractivity contribution in [3.8, 4) is 5.75 Å². The first-order valence-corrected chi connectivity index (χ1v) is 7.91. The molecular formula is C12H12Br2N2OS. The number of hydrogen-bond acceptors (Lipinski definition) is 4. The molecular weight excluding hydrogens is 380 g/mol. The maximum absolute atomic E-state index is 5.67. The van der Waals surface area contributed by atoms with Crippen LogP contribution in [0.3, 0.4) is 0 Å². The van der Waals surface area contributed by atoms with Crippen molar-refractivity contribution in [3.05, 3.63) is 38.2 Å². The first-order chi connectivity index (χ1) is 8.70. The third-order valence-electron chi connectivity index (χ3n) is 2.24. The van der Waals surface area contributed by atoms with Crippen LogP contribution in [-0.4, -0.2) is 11.6 Å². The maximum atomic E-state index is 5.67. The highest BCUT2D eigenvalue weighted by atomic mass is 79.9. The van der Waals surface area contributed by atoms with E-state index in [2.05, 4.69) is 48.2 Å². The van der Waals surface area contributed by atoms with Gasteiger partial charge in [0.15, 0.2) is 5.13 Å².